The van der Waals surface area contributed by atoms with Crippen molar-refractivity contribution >= 4 is 51.6 Å². The molecule has 10 rings (SSSR count). The maximum absolute atomic E-state index is 13.9. The Kier molecular flexibility index (Phi) is 15.5. The minimum Gasteiger partial charge on any atom is -0.508 e. The molecule has 77 heavy (non-hydrogen) atoms. The molecule has 0 atom stereocenters. The van der Waals surface area contributed by atoms with Crippen molar-refractivity contribution in [1.29, 1.82) is 0 Å². The number of carbonyl (C=O) groups excluding carboxylic acids is 3. The van der Waals surface area contributed by atoms with Gasteiger partial charge in [0, 0.05) is 106 Å². The van der Waals surface area contributed by atoms with E-state index in [-0.39, 0.29) is 40.6 Å². The van der Waals surface area contributed by atoms with Crippen molar-refractivity contribution in [1.82, 2.24) is 49.6 Å². The van der Waals surface area contributed by atoms with E-state index in [1.54, 1.807) is 24.0 Å². The summed E-state index contributed by atoms with van der Waals surface area (Å²) in [6.45, 7) is 13.0. The third-order valence-corrected chi connectivity index (χ3v) is 15.3. The first kappa shape index (κ1) is 52.9. The molecular formula is C55H60ClF3N12O6. The molecule has 3 saturated heterocycles. The second kappa shape index (κ2) is 22.6. The molecule has 0 saturated carbocycles. The summed E-state index contributed by atoms with van der Waals surface area (Å²) in [5, 5.41) is 33.4. The van der Waals surface area contributed by atoms with Gasteiger partial charge in [0.2, 0.25) is 17.6 Å². The number of piperazine rings is 2. The van der Waals surface area contributed by atoms with Gasteiger partial charge in [-0.1, -0.05) is 54.6 Å². The van der Waals surface area contributed by atoms with Crippen LogP contribution in [-0.4, -0.2) is 170 Å². The maximum atomic E-state index is 13.9. The number of rotatable bonds is 14. The number of piperidine rings is 1. The van der Waals surface area contributed by atoms with Crippen molar-refractivity contribution in [3.05, 3.63) is 119 Å². The molecule has 2 aromatic heterocycles. The molecule has 0 bridgehead atoms. The number of benzene rings is 4. The van der Waals surface area contributed by atoms with Crippen LogP contribution in [0.25, 0.3) is 27.8 Å². The van der Waals surface area contributed by atoms with Crippen LogP contribution in [0.1, 0.15) is 45.8 Å². The van der Waals surface area contributed by atoms with Crippen molar-refractivity contribution in [3.8, 4) is 34.6 Å². The van der Waals surface area contributed by atoms with Gasteiger partial charge in [-0.2, -0.15) is 23.1 Å². The zero-order chi connectivity index (χ0) is 54.0. The summed E-state index contributed by atoms with van der Waals surface area (Å²) in [6, 6.07) is 22.1. The quantitative estimate of drug-likeness (QED) is 0.102. The van der Waals surface area contributed by atoms with Gasteiger partial charge in [-0.15, -0.1) is 10.2 Å². The number of ether oxygens (including phenoxy) is 1. The van der Waals surface area contributed by atoms with Gasteiger partial charge in [0.05, 0.1) is 22.8 Å². The Morgan fingerprint density at radius 2 is 1.55 bits per heavy atom. The Bertz CT molecular complexity index is 3170. The maximum Gasteiger partial charge on any atom is 0.405 e. The molecule has 0 unspecified atom stereocenters. The fourth-order valence-corrected chi connectivity index (χ4v) is 11.0. The zero-order valence-electron chi connectivity index (χ0n) is 42.7. The summed E-state index contributed by atoms with van der Waals surface area (Å²) < 4.78 is 46.8. The lowest BCUT2D eigenvalue weighted by Gasteiger charge is -2.38. The number of halogens is 4. The van der Waals surface area contributed by atoms with E-state index >= 15 is 0 Å². The topological polar surface area (TPSA) is 189 Å². The molecule has 3 amide bonds. The van der Waals surface area contributed by atoms with Crippen molar-refractivity contribution < 1.29 is 42.5 Å². The number of anilines is 2. The third kappa shape index (κ3) is 11.8. The van der Waals surface area contributed by atoms with Gasteiger partial charge in [-0.25, -0.2) is 0 Å². The fraction of sp³-hybridized carbons (Fsp3) is 0.400. The van der Waals surface area contributed by atoms with Crippen LogP contribution < -0.4 is 19.9 Å². The SMILES string of the molecule is C=CC(=O)N1CCN(c2nc(OCCN3CCC(C(=O)N4CCN(Cc5ccc(-n6c(C(=O)NCC(F)(F)F)nnc6-c6cc(C)c(O)cc6O)cc5)CC4)CC3)nc3c2CCN(c2cccc4cccc(Cl)c24)C3)CC1. The molecule has 4 aliphatic rings. The van der Waals surface area contributed by atoms with Crippen molar-refractivity contribution in [2.75, 3.05) is 101 Å². The van der Waals surface area contributed by atoms with Crippen molar-refractivity contribution in [3.63, 3.8) is 0 Å². The molecule has 3 N–H and O–H groups in total. The average molecular weight is 1080 g/mol. The number of carbonyl (C=O) groups is 3. The van der Waals surface area contributed by atoms with Gasteiger partial charge in [-0.3, -0.25) is 28.8 Å². The highest BCUT2D eigenvalue weighted by Crippen LogP contribution is 2.38. The molecular weight excluding hydrogens is 1020 g/mol. The summed E-state index contributed by atoms with van der Waals surface area (Å²) in [5.74, 6) is -1.20. The van der Waals surface area contributed by atoms with E-state index in [1.807, 2.05) is 34.5 Å². The molecule has 0 spiro atoms. The van der Waals surface area contributed by atoms with E-state index < -0.39 is 24.5 Å². The predicted molar refractivity (Wildman–Crippen MR) is 284 cm³/mol. The Morgan fingerprint density at radius 1 is 0.831 bits per heavy atom. The molecule has 3 fully saturated rings. The highest BCUT2D eigenvalue weighted by atomic mass is 35.5. The van der Waals surface area contributed by atoms with E-state index in [1.165, 1.54) is 16.7 Å². The largest absolute Gasteiger partial charge is 0.508 e. The van der Waals surface area contributed by atoms with E-state index in [0.717, 1.165) is 84.1 Å². The lowest BCUT2D eigenvalue weighted by molar-refractivity contribution is -0.139. The highest BCUT2D eigenvalue weighted by Gasteiger charge is 2.34. The van der Waals surface area contributed by atoms with Gasteiger partial charge in [0.1, 0.15) is 30.5 Å². The molecule has 404 valence electrons. The van der Waals surface area contributed by atoms with Crippen LogP contribution in [0.5, 0.6) is 17.5 Å². The third-order valence-electron chi connectivity index (χ3n) is 15.0. The van der Waals surface area contributed by atoms with Crippen LogP contribution in [0.15, 0.2) is 85.5 Å². The number of aromatic hydroxyl groups is 2. The molecule has 6 aromatic rings. The first-order valence-electron chi connectivity index (χ1n) is 25.9. The molecule has 0 radical (unpaired) electrons. The Labute approximate surface area is 448 Å². The minimum atomic E-state index is -4.66. The Balaban J connectivity index is 0.727. The number of fused-ring (bicyclic) bond motifs is 2. The summed E-state index contributed by atoms with van der Waals surface area (Å²) >= 11 is 6.77. The molecule has 0 aliphatic carbocycles. The first-order chi connectivity index (χ1) is 37.1. The lowest BCUT2D eigenvalue weighted by Crippen LogP contribution is -2.51. The molecule has 4 aromatic carbocycles. The van der Waals surface area contributed by atoms with Gasteiger partial charge < -0.3 is 39.9 Å². The van der Waals surface area contributed by atoms with Gasteiger partial charge >= 0.3 is 12.2 Å². The monoisotopic (exact) mass is 1080 g/mol. The molecule has 4 aliphatic heterocycles. The van der Waals surface area contributed by atoms with Gasteiger partial charge in [-0.05, 0) is 92.2 Å². The number of likely N-dealkylation sites (tertiary alicyclic amines) is 1. The zero-order valence-corrected chi connectivity index (χ0v) is 43.4. The number of amides is 3. The van der Waals surface area contributed by atoms with Crippen LogP contribution in [0.2, 0.25) is 5.02 Å². The summed E-state index contributed by atoms with van der Waals surface area (Å²) in [5.41, 5.74) is 4.85. The van der Waals surface area contributed by atoms with E-state index in [9.17, 15) is 37.8 Å². The first-order valence-corrected chi connectivity index (χ1v) is 26.3. The van der Waals surface area contributed by atoms with E-state index in [0.29, 0.717) is 101 Å². The number of hydrogen-bond acceptors (Lipinski definition) is 14. The number of nitrogens with zero attached hydrogens (tertiary/aromatic N) is 11. The standard InChI is InChI=1S/C55H60ClF3N12O6/c1-3-47(74)67-24-26-68(27-25-67)49-40-16-19-70(44-9-5-7-37-6-4-8-42(56)48(37)44)33-43(40)61-54(62-49)77-29-28-65-17-14-38(15-18-65)53(76)69-22-20-66(21-23-69)32-36-10-12-39(13-11-36)71-50(41-30-35(2)45(72)31-46(41)73)63-64-51(71)52(75)60-34-55(57,58)59/h3-13,30-31,38,72-73H,1,14-29,32-34H2,2H3,(H,60,75). The van der Waals surface area contributed by atoms with Gasteiger partial charge in [0.25, 0.3) is 5.91 Å². The number of nitrogens with one attached hydrogen (secondary N) is 1. The minimum absolute atomic E-state index is 0.00842. The number of aryl methyl sites for hydroxylation is 1. The Morgan fingerprint density at radius 3 is 2.26 bits per heavy atom. The molecule has 6 heterocycles. The number of phenolic OH excluding ortho intramolecular Hbond substituents is 2. The van der Waals surface area contributed by atoms with E-state index in [2.05, 4.69) is 60.6 Å². The average Bonchev–Trinajstić information content (AvgIpc) is 3.90. The number of hydrogen-bond donors (Lipinski definition) is 3. The highest BCUT2D eigenvalue weighted by molar-refractivity contribution is 6.36. The summed E-state index contributed by atoms with van der Waals surface area (Å²) in [7, 11) is 0. The van der Waals surface area contributed by atoms with Gasteiger partial charge in [0.15, 0.2) is 5.82 Å². The number of phenols is 2. The summed E-state index contributed by atoms with van der Waals surface area (Å²) in [6.07, 6.45) is -1.08. The van der Waals surface area contributed by atoms with Crippen LogP contribution in [0.4, 0.5) is 24.7 Å². The second-order valence-corrected chi connectivity index (χ2v) is 20.3. The number of aromatic nitrogens is 5. The Hall–Kier alpha value is -7.49. The molecule has 22 heteroatoms. The van der Waals surface area contributed by atoms with Crippen molar-refractivity contribution in [2.24, 2.45) is 5.92 Å². The van der Waals surface area contributed by atoms with Crippen LogP contribution in [0.3, 0.4) is 0 Å². The normalized spacial score (nSPS) is 16.9. The van der Waals surface area contributed by atoms with Crippen LogP contribution in [0, 0.1) is 12.8 Å². The van der Waals surface area contributed by atoms with E-state index in [4.69, 9.17) is 26.3 Å². The molecule has 18 nitrogen and oxygen atoms in total. The number of alkyl halides is 3. The second-order valence-electron chi connectivity index (χ2n) is 19.9. The summed E-state index contributed by atoms with van der Waals surface area (Å²) in [4.78, 5) is 62.2. The predicted octanol–water partition coefficient (Wildman–Crippen LogP) is 6.38. The van der Waals surface area contributed by atoms with Crippen LogP contribution >= 0.6 is 11.6 Å². The van der Waals surface area contributed by atoms with Crippen LogP contribution in [-0.2, 0) is 29.1 Å². The van der Waals surface area contributed by atoms with Crippen molar-refractivity contribution in [2.45, 2.75) is 45.5 Å². The fourth-order valence-electron chi connectivity index (χ4n) is 10.8. The lowest BCUT2D eigenvalue weighted by atomic mass is 9.95. The smallest absolute Gasteiger partial charge is 0.405 e.